The van der Waals surface area contributed by atoms with E-state index in [-0.39, 0.29) is 17.1 Å². The van der Waals surface area contributed by atoms with Crippen molar-refractivity contribution < 1.29 is 29.3 Å². The van der Waals surface area contributed by atoms with Crippen LogP contribution in [0.25, 0.3) is 5.76 Å². The summed E-state index contributed by atoms with van der Waals surface area (Å²) in [5.74, 6) is -1.02. The van der Waals surface area contributed by atoms with E-state index in [1.807, 2.05) is 25.1 Å². The molecule has 2 heterocycles. The summed E-state index contributed by atoms with van der Waals surface area (Å²) in [5.41, 5.74) is 3.17. The molecule has 2 aliphatic rings. The van der Waals surface area contributed by atoms with Crippen LogP contribution in [0.1, 0.15) is 34.7 Å². The molecule has 8 heteroatoms. The van der Waals surface area contributed by atoms with Gasteiger partial charge in [0.25, 0.3) is 11.7 Å². The molecule has 2 fully saturated rings. The lowest BCUT2D eigenvalue weighted by Crippen LogP contribution is -2.38. The molecular formula is C32H34N2O6. The highest BCUT2D eigenvalue weighted by atomic mass is 16.5. The lowest BCUT2D eigenvalue weighted by molar-refractivity contribution is -0.140. The van der Waals surface area contributed by atoms with E-state index >= 15 is 0 Å². The molecule has 2 saturated heterocycles. The fourth-order valence-electron chi connectivity index (χ4n) is 5.27. The smallest absolute Gasteiger partial charge is 0.295 e. The second-order valence-electron chi connectivity index (χ2n) is 10.2. The van der Waals surface area contributed by atoms with E-state index in [2.05, 4.69) is 11.0 Å². The standard InChI is InChI=1S/C32H34N2O6/c1-22-5-2-6-23(19-22)21-40-27-11-9-24(10-12-27)30(36)28-29(25-7-3-8-26(35)20-25)34(32(38)31(28)37)14-4-13-33-15-17-39-18-16-33/h2-3,5-12,19-20,29,35-36H,4,13-18,21H2,1H3/b30-28-. The number of ether oxygens (including phenoxy) is 2. The molecule has 2 aliphatic heterocycles. The van der Waals surface area contributed by atoms with Crippen LogP contribution in [-0.4, -0.2) is 71.1 Å². The third kappa shape index (κ3) is 6.19. The second-order valence-corrected chi connectivity index (χ2v) is 10.2. The molecule has 5 rings (SSSR count). The Morgan fingerprint density at radius 1 is 0.975 bits per heavy atom. The lowest BCUT2D eigenvalue weighted by Gasteiger charge is -2.29. The van der Waals surface area contributed by atoms with Crippen molar-refractivity contribution in [3.8, 4) is 11.5 Å². The van der Waals surface area contributed by atoms with Crippen LogP contribution in [0.4, 0.5) is 0 Å². The number of amides is 1. The Morgan fingerprint density at radius 2 is 1.73 bits per heavy atom. The SMILES string of the molecule is Cc1cccc(COc2ccc(/C(O)=C3/C(=O)C(=O)N(CCCN4CCOCC4)C3c3cccc(O)c3)cc2)c1. The number of aromatic hydroxyl groups is 1. The Hall–Kier alpha value is -4.14. The summed E-state index contributed by atoms with van der Waals surface area (Å²) < 4.78 is 11.3. The maximum absolute atomic E-state index is 13.3. The molecule has 1 unspecified atom stereocenters. The van der Waals surface area contributed by atoms with Crippen molar-refractivity contribution >= 4 is 17.4 Å². The maximum Gasteiger partial charge on any atom is 0.295 e. The van der Waals surface area contributed by atoms with Crippen LogP contribution >= 0.6 is 0 Å². The van der Waals surface area contributed by atoms with Crippen LogP contribution in [0.2, 0.25) is 0 Å². The zero-order valence-corrected chi connectivity index (χ0v) is 22.6. The highest BCUT2D eigenvalue weighted by Gasteiger charge is 2.45. The van der Waals surface area contributed by atoms with Crippen LogP contribution in [0, 0.1) is 6.92 Å². The van der Waals surface area contributed by atoms with Crippen LogP contribution in [0.5, 0.6) is 11.5 Å². The minimum absolute atomic E-state index is 0.00963. The van der Waals surface area contributed by atoms with Crippen molar-refractivity contribution in [3.05, 3.63) is 101 Å². The molecule has 3 aromatic rings. The number of hydrogen-bond donors (Lipinski definition) is 2. The molecule has 3 aromatic carbocycles. The number of carbonyl (C=O) groups is 2. The van der Waals surface area contributed by atoms with Crippen LogP contribution in [0.3, 0.4) is 0 Å². The molecule has 1 atom stereocenters. The van der Waals surface area contributed by atoms with E-state index in [4.69, 9.17) is 9.47 Å². The zero-order chi connectivity index (χ0) is 28.1. The van der Waals surface area contributed by atoms with Gasteiger partial charge in [-0.3, -0.25) is 14.5 Å². The summed E-state index contributed by atoms with van der Waals surface area (Å²) in [6.45, 7) is 6.57. The number of phenols is 1. The van der Waals surface area contributed by atoms with Gasteiger partial charge in [-0.2, -0.15) is 0 Å². The number of hydrogen-bond acceptors (Lipinski definition) is 7. The first-order valence-corrected chi connectivity index (χ1v) is 13.6. The molecule has 0 radical (unpaired) electrons. The fourth-order valence-corrected chi connectivity index (χ4v) is 5.27. The van der Waals surface area contributed by atoms with Gasteiger partial charge in [-0.15, -0.1) is 0 Å². The topological polar surface area (TPSA) is 99.5 Å². The summed E-state index contributed by atoms with van der Waals surface area (Å²) in [6.07, 6.45) is 0.662. The van der Waals surface area contributed by atoms with Gasteiger partial charge in [0.1, 0.15) is 23.9 Å². The molecule has 0 aliphatic carbocycles. The number of aliphatic hydroxyl groups is 1. The Morgan fingerprint density at radius 3 is 2.45 bits per heavy atom. The van der Waals surface area contributed by atoms with Gasteiger partial charge in [-0.1, -0.05) is 42.0 Å². The number of benzene rings is 3. The molecule has 2 N–H and O–H groups in total. The van der Waals surface area contributed by atoms with E-state index < -0.39 is 17.7 Å². The van der Waals surface area contributed by atoms with Crippen LogP contribution < -0.4 is 4.74 Å². The monoisotopic (exact) mass is 542 g/mol. The molecule has 0 spiro atoms. The fraction of sp³-hybridized carbons (Fsp3) is 0.312. The average molecular weight is 543 g/mol. The Labute approximate surface area is 234 Å². The summed E-state index contributed by atoms with van der Waals surface area (Å²) in [7, 11) is 0. The minimum Gasteiger partial charge on any atom is -0.508 e. The predicted molar refractivity (Wildman–Crippen MR) is 151 cm³/mol. The summed E-state index contributed by atoms with van der Waals surface area (Å²) in [6, 6.07) is 20.5. The van der Waals surface area contributed by atoms with Gasteiger partial charge in [0, 0.05) is 31.7 Å². The number of aliphatic hydroxyl groups excluding tert-OH is 1. The number of likely N-dealkylation sites (tertiary alicyclic amines) is 1. The van der Waals surface area contributed by atoms with Crippen molar-refractivity contribution in [3.63, 3.8) is 0 Å². The molecule has 8 nitrogen and oxygen atoms in total. The van der Waals surface area contributed by atoms with Crippen molar-refractivity contribution in [2.45, 2.75) is 26.0 Å². The first-order chi connectivity index (χ1) is 19.4. The molecule has 1 amide bonds. The van der Waals surface area contributed by atoms with Crippen LogP contribution in [-0.2, 0) is 20.9 Å². The van der Waals surface area contributed by atoms with Crippen molar-refractivity contribution in [1.82, 2.24) is 9.80 Å². The van der Waals surface area contributed by atoms with Gasteiger partial charge in [-0.05, 0) is 60.9 Å². The van der Waals surface area contributed by atoms with E-state index in [0.717, 1.165) is 30.8 Å². The van der Waals surface area contributed by atoms with Gasteiger partial charge >= 0.3 is 0 Å². The molecule has 208 valence electrons. The number of aryl methyl sites for hydroxylation is 1. The average Bonchev–Trinajstić information content (AvgIpc) is 3.22. The molecule has 40 heavy (non-hydrogen) atoms. The van der Waals surface area contributed by atoms with Gasteiger partial charge in [-0.25, -0.2) is 0 Å². The molecule has 0 aromatic heterocycles. The summed E-state index contributed by atoms with van der Waals surface area (Å²) in [5, 5.41) is 21.5. The second kappa shape index (κ2) is 12.4. The molecule has 0 saturated carbocycles. The van der Waals surface area contributed by atoms with Crippen molar-refractivity contribution in [1.29, 1.82) is 0 Å². The van der Waals surface area contributed by atoms with E-state index in [0.29, 0.717) is 49.7 Å². The first-order valence-electron chi connectivity index (χ1n) is 13.6. The third-order valence-corrected chi connectivity index (χ3v) is 7.32. The van der Waals surface area contributed by atoms with Gasteiger partial charge < -0.3 is 24.6 Å². The first kappa shape index (κ1) is 27.4. The highest BCUT2D eigenvalue weighted by Crippen LogP contribution is 2.40. The van der Waals surface area contributed by atoms with E-state index in [1.165, 1.54) is 17.0 Å². The van der Waals surface area contributed by atoms with Crippen molar-refractivity contribution in [2.24, 2.45) is 0 Å². The number of morpholine rings is 1. The molecular weight excluding hydrogens is 508 g/mol. The number of phenolic OH excluding ortho intramolecular Hbond substituents is 1. The summed E-state index contributed by atoms with van der Waals surface area (Å²) in [4.78, 5) is 30.3. The van der Waals surface area contributed by atoms with E-state index in [1.54, 1.807) is 36.4 Å². The number of carbonyl (C=O) groups excluding carboxylic acids is 2. The van der Waals surface area contributed by atoms with Crippen LogP contribution in [0.15, 0.2) is 78.4 Å². The number of nitrogens with zero attached hydrogens (tertiary/aromatic N) is 2. The zero-order valence-electron chi connectivity index (χ0n) is 22.6. The predicted octanol–water partition coefficient (Wildman–Crippen LogP) is 4.42. The Kier molecular flexibility index (Phi) is 8.48. The quantitative estimate of drug-likeness (QED) is 0.235. The van der Waals surface area contributed by atoms with Gasteiger partial charge in [0.15, 0.2) is 0 Å². The van der Waals surface area contributed by atoms with E-state index in [9.17, 15) is 19.8 Å². The molecule has 0 bridgehead atoms. The lowest BCUT2D eigenvalue weighted by atomic mass is 9.95. The van der Waals surface area contributed by atoms with Gasteiger partial charge in [0.2, 0.25) is 0 Å². The normalized spacial score (nSPS) is 19.2. The third-order valence-electron chi connectivity index (χ3n) is 7.32. The largest absolute Gasteiger partial charge is 0.508 e. The minimum atomic E-state index is -0.811. The number of ketones is 1. The Balaban J connectivity index is 1.38. The highest BCUT2D eigenvalue weighted by molar-refractivity contribution is 6.46. The van der Waals surface area contributed by atoms with Gasteiger partial charge in [0.05, 0.1) is 24.8 Å². The van der Waals surface area contributed by atoms with Crippen molar-refractivity contribution in [2.75, 3.05) is 39.4 Å². The number of rotatable bonds is 9. The number of Topliss-reactive ketones (excluding diaryl/α,β-unsaturated/α-hetero) is 1. The maximum atomic E-state index is 13.3. The summed E-state index contributed by atoms with van der Waals surface area (Å²) >= 11 is 0. The Bertz CT molecular complexity index is 1390.